The molecule has 1 nitrogen and oxygen atoms in total. The Morgan fingerprint density at radius 2 is 2.29 bits per heavy atom. The second kappa shape index (κ2) is 5.42. The molecule has 0 heterocycles. The summed E-state index contributed by atoms with van der Waals surface area (Å²) in [5.74, 6) is 0. The Morgan fingerprint density at radius 1 is 1.57 bits per heavy atom. The third kappa shape index (κ3) is 3.72. The van der Waals surface area contributed by atoms with Crippen LogP contribution in [0.25, 0.3) is 0 Å². The Hall–Kier alpha value is -0.470. The van der Waals surface area contributed by atoms with Gasteiger partial charge in [0.05, 0.1) is 5.02 Å². The van der Waals surface area contributed by atoms with E-state index in [4.69, 9.17) is 11.6 Å². The lowest BCUT2D eigenvalue weighted by molar-refractivity contribution is 1.00. The predicted molar refractivity (Wildman–Crippen MR) is 67.1 cm³/mol. The SMILES string of the molecule is C=C(C)CCNc1ccc(Br)c(Cl)c1. The van der Waals surface area contributed by atoms with E-state index in [0.29, 0.717) is 0 Å². The lowest BCUT2D eigenvalue weighted by Crippen LogP contribution is -2.01. The zero-order valence-corrected chi connectivity index (χ0v) is 10.5. The van der Waals surface area contributed by atoms with Gasteiger partial charge in [-0.25, -0.2) is 0 Å². The smallest absolute Gasteiger partial charge is 0.0568 e. The number of nitrogens with one attached hydrogen (secondary N) is 1. The average Bonchev–Trinajstić information content (AvgIpc) is 2.10. The molecular formula is C11H13BrClN. The van der Waals surface area contributed by atoms with E-state index >= 15 is 0 Å². The lowest BCUT2D eigenvalue weighted by atomic mass is 10.2. The van der Waals surface area contributed by atoms with Crippen molar-refractivity contribution in [3.8, 4) is 0 Å². The number of benzene rings is 1. The van der Waals surface area contributed by atoms with E-state index in [1.807, 2.05) is 25.1 Å². The molecule has 0 atom stereocenters. The summed E-state index contributed by atoms with van der Waals surface area (Å²) in [6.07, 6.45) is 0.980. The Bertz CT molecular complexity index is 336. The van der Waals surface area contributed by atoms with Crippen LogP contribution in [0.3, 0.4) is 0 Å². The molecule has 0 saturated heterocycles. The normalized spacial score (nSPS) is 9.93. The molecule has 0 amide bonds. The summed E-state index contributed by atoms with van der Waals surface area (Å²) in [6.45, 7) is 6.76. The zero-order valence-electron chi connectivity index (χ0n) is 8.11. The molecule has 0 aliphatic carbocycles. The monoisotopic (exact) mass is 273 g/mol. The fraction of sp³-hybridized carbons (Fsp3) is 0.273. The van der Waals surface area contributed by atoms with Crippen molar-refractivity contribution in [2.45, 2.75) is 13.3 Å². The molecule has 0 aliphatic rings. The van der Waals surface area contributed by atoms with Gasteiger partial charge >= 0.3 is 0 Å². The molecule has 0 bridgehead atoms. The highest BCUT2D eigenvalue weighted by atomic mass is 79.9. The third-order valence-electron chi connectivity index (χ3n) is 1.80. The third-order valence-corrected chi connectivity index (χ3v) is 3.03. The van der Waals surface area contributed by atoms with Crippen molar-refractivity contribution in [1.29, 1.82) is 0 Å². The molecule has 0 spiro atoms. The van der Waals surface area contributed by atoms with Crippen LogP contribution in [0, 0.1) is 0 Å². The summed E-state index contributed by atoms with van der Waals surface area (Å²) in [5.41, 5.74) is 2.22. The first kappa shape index (κ1) is 11.6. The maximum atomic E-state index is 5.95. The number of hydrogen-bond acceptors (Lipinski definition) is 1. The van der Waals surface area contributed by atoms with Gasteiger partial charge in [0.25, 0.3) is 0 Å². The Kier molecular flexibility index (Phi) is 4.49. The molecule has 76 valence electrons. The summed E-state index contributed by atoms with van der Waals surface area (Å²) in [4.78, 5) is 0. The van der Waals surface area contributed by atoms with E-state index in [-0.39, 0.29) is 0 Å². The van der Waals surface area contributed by atoms with E-state index in [2.05, 4.69) is 27.8 Å². The molecule has 0 aromatic heterocycles. The van der Waals surface area contributed by atoms with E-state index in [9.17, 15) is 0 Å². The number of rotatable bonds is 4. The van der Waals surface area contributed by atoms with Crippen LogP contribution >= 0.6 is 27.5 Å². The molecule has 0 unspecified atom stereocenters. The summed E-state index contributed by atoms with van der Waals surface area (Å²) < 4.78 is 0.921. The Balaban J connectivity index is 2.51. The topological polar surface area (TPSA) is 12.0 Å². The quantitative estimate of drug-likeness (QED) is 0.798. The molecule has 1 rings (SSSR count). The molecule has 0 radical (unpaired) electrons. The van der Waals surface area contributed by atoms with E-state index in [1.165, 1.54) is 5.57 Å². The van der Waals surface area contributed by atoms with Gasteiger partial charge in [-0.15, -0.1) is 6.58 Å². The van der Waals surface area contributed by atoms with E-state index < -0.39 is 0 Å². The highest BCUT2D eigenvalue weighted by molar-refractivity contribution is 9.10. The standard InChI is InChI=1S/C11H13BrClN/c1-8(2)5-6-14-9-3-4-10(12)11(13)7-9/h3-4,7,14H,1,5-6H2,2H3. The van der Waals surface area contributed by atoms with Crippen molar-refractivity contribution in [2.75, 3.05) is 11.9 Å². The van der Waals surface area contributed by atoms with Crippen molar-refractivity contribution >= 4 is 33.2 Å². The van der Waals surface area contributed by atoms with Crippen molar-refractivity contribution < 1.29 is 0 Å². The first-order valence-electron chi connectivity index (χ1n) is 4.43. The predicted octanol–water partition coefficient (Wildman–Crippen LogP) is 4.48. The van der Waals surface area contributed by atoms with Gasteiger partial charge in [-0.05, 0) is 47.5 Å². The van der Waals surface area contributed by atoms with Crippen LogP contribution in [0.2, 0.25) is 5.02 Å². The molecule has 0 fully saturated rings. The van der Waals surface area contributed by atoms with Crippen molar-refractivity contribution in [2.24, 2.45) is 0 Å². The summed E-state index contributed by atoms with van der Waals surface area (Å²) in [5, 5.41) is 4.01. The fourth-order valence-corrected chi connectivity index (χ4v) is 1.45. The van der Waals surface area contributed by atoms with Crippen LogP contribution < -0.4 is 5.32 Å². The second-order valence-electron chi connectivity index (χ2n) is 3.26. The Morgan fingerprint density at radius 3 is 2.86 bits per heavy atom. The van der Waals surface area contributed by atoms with Crippen LogP contribution in [0.4, 0.5) is 5.69 Å². The zero-order chi connectivity index (χ0) is 10.6. The minimum absolute atomic E-state index is 0.727. The highest BCUT2D eigenvalue weighted by Crippen LogP contribution is 2.25. The highest BCUT2D eigenvalue weighted by Gasteiger charge is 1.97. The maximum Gasteiger partial charge on any atom is 0.0568 e. The van der Waals surface area contributed by atoms with Gasteiger partial charge in [0.1, 0.15) is 0 Å². The van der Waals surface area contributed by atoms with Gasteiger partial charge in [-0.3, -0.25) is 0 Å². The second-order valence-corrected chi connectivity index (χ2v) is 4.52. The largest absolute Gasteiger partial charge is 0.385 e. The minimum Gasteiger partial charge on any atom is -0.385 e. The van der Waals surface area contributed by atoms with Gasteiger partial charge in [-0.2, -0.15) is 0 Å². The summed E-state index contributed by atoms with van der Waals surface area (Å²) in [6, 6.07) is 5.84. The first-order valence-corrected chi connectivity index (χ1v) is 5.60. The van der Waals surface area contributed by atoms with Gasteiger partial charge in [0.2, 0.25) is 0 Å². The molecule has 1 aromatic carbocycles. The van der Waals surface area contributed by atoms with Crippen LogP contribution in [0.1, 0.15) is 13.3 Å². The molecule has 1 aromatic rings. The van der Waals surface area contributed by atoms with Gasteiger partial charge in [0, 0.05) is 16.7 Å². The fourth-order valence-electron chi connectivity index (χ4n) is 1.03. The van der Waals surface area contributed by atoms with Crippen molar-refractivity contribution in [3.63, 3.8) is 0 Å². The van der Waals surface area contributed by atoms with Crippen LogP contribution in [-0.4, -0.2) is 6.54 Å². The number of anilines is 1. The molecule has 14 heavy (non-hydrogen) atoms. The number of halogens is 2. The van der Waals surface area contributed by atoms with Gasteiger partial charge in [0.15, 0.2) is 0 Å². The molecule has 3 heteroatoms. The van der Waals surface area contributed by atoms with Crippen LogP contribution in [-0.2, 0) is 0 Å². The number of hydrogen-bond donors (Lipinski definition) is 1. The van der Waals surface area contributed by atoms with Crippen LogP contribution in [0.15, 0.2) is 34.8 Å². The average molecular weight is 275 g/mol. The van der Waals surface area contributed by atoms with Gasteiger partial charge in [-0.1, -0.05) is 17.2 Å². The molecule has 1 N–H and O–H groups in total. The van der Waals surface area contributed by atoms with Crippen LogP contribution in [0.5, 0.6) is 0 Å². The minimum atomic E-state index is 0.727. The van der Waals surface area contributed by atoms with Crippen molar-refractivity contribution in [3.05, 3.63) is 39.8 Å². The summed E-state index contributed by atoms with van der Waals surface area (Å²) >= 11 is 9.30. The Labute approximate surface area is 98.3 Å². The van der Waals surface area contributed by atoms with Gasteiger partial charge < -0.3 is 5.32 Å². The summed E-state index contributed by atoms with van der Waals surface area (Å²) in [7, 11) is 0. The lowest BCUT2D eigenvalue weighted by Gasteiger charge is -2.06. The van der Waals surface area contributed by atoms with E-state index in [0.717, 1.165) is 28.1 Å². The maximum absolute atomic E-state index is 5.95. The molecular weight excluding hydrogens is 261 g/mol. The molecule has 0 aliphatic heterocycles. The molecule has 0 saturated carbocycles. The van der Waals surface area contributed by atoms with Crippen molar-refractivity contribution in [1.82, 2.24) is 0 Å². The first-order chi connectivity index (χ1) is 6.59. The van der Waals surface area contributed by atoms with E-state index in [1.54, 1.807) is 0 Å².